The van der Waals surface area contributed by atoms with Crippen LogP contribution in [0.15, 0.2) is 33.7 Å². The molecule has 2 aliphatic carbocycles. The summed E-state index contributed by atoms with van der Waals surface area (Å²) in [6, 6.07) is 1.74. The van der Waals surface area contributed by atoms with E-state index in [9.17, 15) is 0 Å². The Labute approximate surface area is 171 Å². The first-order chi connectivity index (χ1) is 12.5. The molecular formula is C18H28Br2N6. The average molecular weight is 488 g/mol. The third-order valence-corrected chi connectivity index (χ3v) is 6.08. The molecule has 0 radical (unpaired) electrons. The van der Waals surface area contributed by atoms with Crippen molar-refractivity contribution in [3.05, 3.63) is 33.7 Å². The summed E-state index contributed by atoms with van der Waals surface area (Å²) in [6.45, 7) is 0. The maximum atomic E-state index is 5.92. The van der Waals surface area contributed by atoms with E-state index in [0.717, 1.165) is 21.8 Å². The molecule has 2 aliphatic rings. The predicted molar refractivity (Wildman–Crippen MR) is 111 cm³/mol. The fourth-order valence-electron chi connectivity index (χ4n) is 3.91. The van der Waals surface area contributed by atoms with Gasteiger partial charge in [-0.1, -0.05) is 0 Å². The van der Waals surface area contributed by atoms with Gasteiger partial charge in [0.05, 0.1) is 33.4 Å². The summed E-state index contributed by atoms with van der Waals surface area (Å²) in [6.07, 6.45) is 17.1. The van der Waals surface area contributed by atoms with Crippen molar-refractivity contribution >= 4 is 31.9 Å². The molecule has 2 aromatic heterocycles. The van der Waals surface area contributed by atoms with Crippen molar-refractivity contribution in [2.45, 2.75) is 75.5 Å². The van der Waals surface area contributed by atoms with Gasteiger partial charge in [-0.15, -0.1) is 0 Å². The van der Waals surface area contributed by atoms with Gasteiger partial charge in [0.25, 0.3) is 0 Å². The predicted octanol–water partition coefficient (Wildman–Crippen LogP) is 4.18. The zero-order valence-corrected chi connectivity index (χ0v) is 18.1. The van der Waals surface area contributed by atoms with Crippen LogP contribution in [-0.4, -0.2) is 31.6 Å². The van der Waals surface area contributed by atoms with Gasteiger partial charge in [0.2, 0.25) is 0 Å². The number of nitrogens with two attached hydrogens (primary N) is 2. The van der Waals surface area contributed by atoms with Crippen molar-refractivity contribution in [3.8, 4) is 0 Å². The molecule has 0 aromatic carbocycles. The molecule has 0 spiro atoms. The van der Waals surface area contributed by atoms with Crippen molar-refractivity contribution in [1.82, 2.24) is 19.6 Å². The Balaban J connectivity index is 0.000000151. The first kappa shape index (κ1) is 20.0. The second-order valence-electron chi connectivity index (χ2n) is 7.44. The lowest BCUT2D eigenvalue weighted by molar-refractivity contribution is 0.300. The van der Waals surface area contributed by atoms with E-state index in [1.807, 2.05) is 34.2 Å². The molecule has 8 heteroatoms. The second kappa shape index (κ2) is 9.48. The number of nitrogens with zero attached hydrogens (tertiary/aromatic N) is 4. The van der Waals surface area contributed by atoms with Gasteiger partial charge in [0.15, 0.2) is 0 Å². The molecule has 144 valence electrons. The summed E-state index contributed by atoms with van der Waals surface area (Å²) in [5.41, 5.74) is 11.8. The largest absolute Gasteiger partial charge is 0.328 e. The molecule has 2 fully saturated rings. The Kier molecular flexibility index (Phi) is 7.31. The molecule has 0 bridgehead atoms. The smallest absolute Gasteiger partial charge is 0.0632 e. The molecule has 2 saturated carbocycles. The van der Waals surface area contributed by atoms with Crippen LogP contribution in [0.4, 0.5) is 0 Å². The summed E-state index contributed by atoms with van der Waals surface area (Å²) in [7, 11) is 0. The summed E-state index contributed by atoms with van der Waals surface area (Å²) in [4.78, 5) is 0. The molecule has 4 atom stereocenters. The Hall–Kier alpha value is -0.700. The molecular weight excluding hydrogens is 460 g/mol. The van der Waals surface area contributed by atoms with Crippen LogP contribution < -0.4 is 11.5 Å². The average Bonchev–Trinajstić information content (AvgIpc) is 3.24. The summed E-state index contributed by atoms with van der Waals surface area (Å²) in [5, 5.41) is 8.58. The molecule has 4 N–H and O–H groups in total. The van der Waals surface area contributed by atoms with Crippen LogP contribution in [0.2, 0.25) is 0 Å². The molecule has 26 heavy (non-hydrogen) atoms. The zero-order valence-electron chi connectivity index (χ0n) is 15.0. The normalized spacial score (nSPS) is 29.1. The first-order valence-corrected chi connectivity index (χ1v) is 11.0. The Morgan fingerprint density at radius 2 is 1.19 bits per heavy atom. The second-order valence-corrected chi connectivity index (χ2v) is 9.27. The van der Waals surface area contributed by atoms with Crippen molar-refractivity contribution < 1.29 is 0 Å². The quantitative estimate of drug-likeness (QED) is 0.665. The zero-order chi connectivity index (χ0) is 18.5. The van der Waals surface area contributed by atoms with Gasteiger partial charge < -0.3 is 11.5 Å². The van der Waals surface area contributed by atoms with E-state index < -0.39 is 0 Å². The highest BCUT2D eigenvalue weighted by molar-refractivity contribution is 9.10. The summed E-state index contributed by atoms with van der Waals surface area (Å²) >= 11 is 6.80. The third kappa shape index (κ3) is 5.65. The number of aromatic nitrogens is 4. The molecule has 2 aromatic rings. The monoisotopic (exact) mass is 486 g/mol. The third-order valence-electron chi connectivity index (χ3n) is 5.26. The standard InChI is InChI=1S/2C9H14BrN3/c2*10-7-5-12-13(6-7)9-3-1-2-8(11)4-9/h2*5-6,8-9H,1-4,11H2/t8-,9+;8-,9-/m10/s1. The Morgan fingerprint density at radius 3 is 1.50 bits per heavy atom. The van der Waals surface area contributed by atoms with E-state index in [-0.39, 0.29) is 0 Å². The van der Waals surface area contributed by atoms with Crippen molar-refractivity contribution in [3.63, 3.8) is 0 Å². The maximum absolute atomic E-state index is 5.92. The fourth-order valence-corrected chi connectivity index (χ4v) is 4.51. The highest BCUT2D eigenvalue weighted by atomic mass is 79.9. The maximum Gasteiger partial charge on any atom is 0.0632 e. The van der Waals surface area contributed by atoms with Crippen LogP contribution in [0.1, 0.15) is 63.5 Å². The van der Waals surface area contributed by atoms with E-state index in [0.29, 0.717) is 24.2 Å². The van der Waals surface area contributed by atoms with Gasteiger partial charge in [-0.05, 0) is 83.2 Å². The fraction of sp³-hybridized carbons (Fsp3) is 0.667. The van der Waals surface area contributed by atoms with Crippen molar-refractivity contribution in [2.24, 2.45) is 11.5 Å². The Bertz CT molecular complexity index is 627. The number of hydrogen-bond donors (Lipinski definition) is 2. The van der Waals surface area contributed by atoms with Gasteiger partial charge in [0.1, 0.15) is 0 Å². The highest BCUT2D eigenvalue weighted by Gasteiger charge is 2.21. The van der Waals surface area contributed by atoms with Crippen LogP contribution >= 0.6 is 31.9 Å². The molecule has 2 heterocycles. The lowest BCUT2D eigenvalue weighted by Gasteiger charge is -2.26. The van der Waals surface area contributed by atoms with Crippen LogP contribution in [-0.2, 0) is 0 Å². The molecule has 0 aliphatic heterocycles. The number of rotatable bonds is 2. The van der Waals surface area contributed by atoms with Crippen LogP contribution in [0.5, 0.6) is 0 Å². The van der Waals surface area contributed by atoms with E-state index in [1.54, 1.807) is 0 Å². The van der Waals surface area contributed by atoms with E-state index in [1.165, 1.54) is 38.5 Å². The Morgan fingerprint density at radius 1 is 0.769 bits per heavy atom. The lowest BCUT2D eigenvalue weighted by Crippen LogP contribution is -2.29. The minimum absolute atomic E-state index is 0.363. The lowest BCUT2D eigenvalue weighted by atomic mass is 9.92. The molecule has 0 amide bonds. The van der Waals surface area contributed by atoms with Crippen LogP contribution in [0.25, 0.3) is 0 Å². The first-order valence-electron chi connectivity index (χ1n) is 9.41. The van der Waals surface area contributed by atoms with E-state index in [2.05, 4.69) is 42.1 Å². The van der Waals surface area contributed by atoms with Gasteiger partial charge in [0, 0.05) is 24.5 Å². The van der Waals surface area contributed by atoms with Crippen molar-refractivity contribution in [2.75, 3.05) is 0 Å². The van der Waals surface area contributed by atoms with Gasteiger partial charge in [-0.25, -0.2) is 0 Å². The van der Waals surface area contributed by atoms with E-state index in [4.69, 9.17) is 11.5 Å². The molecule has 6 nitrogen and oxygen atoms in total. The molecule has 4 rings (SSSR count). The summed E-state index contributed by atoms with van der Waals surface area (Å²) < 4.78 is 6.16. The van der Waals surface area contributed by atoms with Gasteiger partial charge in [-0.3, -0.25) is 9.36 Å². The minimum Gasteiger partial charge on any atom is -0.328 e. The number of hydrogen-bond acceptors (Lipinski definition) is 4. The molecule has 0 unspecified atom stereocenters. The molecule has 0 saturated heterocycles. The van der Waals surface area contributed by atoms with Crippen molar-refractivity contribution in [1.29, 1.82) is 0 Å². The van der Waals surface area contributed by atoms with Gasteiger partial charge in [-0.2, -0.15) is 10.2 Å². The summed E-state index contributed by atoms with van der Waals surface area (Å²) in [5.74, 6) is 0. The van der Waals surface area contributed by atoms with Crippen LogP contribution in [0.3, 0.4) is 0 Å². The van der Waals surface area contributed by atoms with Crippen LogP contribution in [0, 0.1) is 0 Å². The SMILES string of the molecule is N[C@@H]1CCC[C@H](n2cc(Br)cn2)C1.N[C@H]1CCC[C@H](n2cc(Br)cn2)C1. The van der Waals surface area contributed by atoms with E-state index >= 15 is 0 Å². The topological polar surface area (TPSA) is 87.7 Å². The van der Waals surface area contributed by atoms with Gasteiger partial charge >= 0.3 is 0 Å². The number of halogens is 2. The highest BCUT2D eigenvalue weighted by Crippen LogP contribution is 2.28. The minimum atomic E-state index is 0.363.